The number of ether oxygens (including phenoxy) is 4. The molecule has 0 bridgehead atoms. The Balaban J connectivity index is 1.83. The summed E-state index contributed by atoms with van der Waals surface area (Å²) in [5, 5.41) is 5.64. The van der Waals surface area contributed by atoms with Crippen LogP contribution in [-0.2, 0) is 33.3 Å². The van der Waals surface area contributed by atoms with Gasteiger partial charge in [0.15, 0.2) is 0 Å². The van der Waals surface area contributed by atoms with Crippen molar-refractivity contribution < 1.29 is 33.3 Å². The second-order valence-corrected chi connectivity index (χ2v) is 8.25. The fourth-order valence-corrected chi connectivity index (χ4v) is 4.00. The van der Waals surface area contributed by atoms with E-state index in [9.17, 15) is 14.4 Å². The van der Waals surface area contributed by atoms with Gasteiger partial charge in [0.05, 0.1) is 13.2 Å². The molecule has 2 aromatic carbocycles. The summed E-state index contributed by atoms with van der Waals surface area (Å²) >= 11 is 0. The van der Waals surface area contributed by atoms with Crippen LogP contribution >= 0.6 is 9.39 Å². The first-order valence-corrected chi connectivity index (χ1v) is 11.8. The van der Waals surface area contributed by atoms with Gasteiger partial charge in [0.1, 0.15) is 0 Å². The minimum atomic E-state index is -0.404. The van der Waals surface area contributed by atoms with Crippen molar-refractivity contribution in [3.05, 3.63) is 47.5 Å². The van der Waals surface area contributed by atoms with E-state index in [-0.39, 0.29) is 43.9 Å². The van der Waals surface area contributed by atoms with Crippen molar-refractivity contribution in [2.45, 2.75) is 12.2 Å². The number of anilines is 2. The summed E-state index contributed by atoms with van der Waals surface area (Å²) in [6.45, 7) is 0.664. The van der Waals surface area contributed by atoms with Crippen LogP contribution in [0.4, 0.5) is 11.4 Å². The first kappa shape index (κ1) is 27.6. The second kappa shape index (κ2) is 13.9. The molecule has 1 aliphatic rings. The van der Waals surface area contributed by atoms with Crippen LogP contribution in [0.1, 0.15) is 17.0 Å². The van der Waals surface area contributed by atoms with E-state index >= 15 is 0 Å². The third-order valence-corrected chi connectivity index (χ3v) is 5.64. The molecule has 0 aliphatic heterocycles. The molecule has 2 unspecified atom stereocenters. The number of methoxy groups -OCH3 is 2. The summed E-state index contributed by atoms with van der Waals surface area (Å²) in [5.74, 6) is -1.26. The molecule has 0 spiro atoms. The number of benzene rings is 2. The molecule has 2 atom stereocenters. The molecule has 2 amide bonds. The van der Waals surface area contributed by atoms with E-state index in [2.05, 4.69) is 24.7 Å². The Morgan fingerprint density at radius 1 is 0.917 bits per heavy atom. The maximum absolute atomic E-state index is 12.3. The van der Waals surface area contributed by atoms with Crippen molar-refractivity contribution in [2.75, 3.05) is 57.9 Å². The van der Waals surface area contributed by atoms with Gasteiger partial charge in [-0.05, 0) is 0 Å². The molecule has 12 heteroatoms. The summed E-state index contributed by atoms with van der Waals surface area (Å²) in [5.41, 5.74) is 4.93. The fraction of sp³-hybridized carbons (Fsp3) is 0.375. The molecule has 36 heavy (non-hydrogen) atoms. The monoisotopic (exact) mass is 513 g/mol. The zero-order chi connectivity index (χ0) is 25.9. The Morgan fingerprint density at radius 3 is 2.08 bits per heavy atom. The topological polar surface area (TPSA) is 125 Å². The van der Waals surface area contributed by atoms with Crippen molar-refractivity contribution in [3.8, 4) is 11.1 Å². The third kappa shape index (κ3) is 7.51. The van der Waals surface area contributed by atoms with E-state index in [0.29, 0.717) is 24.6 Å². The van der Waals surface area contributed by atoms with E-state index in [1.165, 1.54) is 14.2 Å². The number of nitrogens with zero attached hydrogens (tertiary/aromatic N) is 1. The quantitative estimate of drug-likeness (QED) is 0.183. The number of esters is 1. The van der Waals surface area contributed by atoms with Gasteiger partial charge >= 0.3 is 180 Å². The van der Waals surface area contributed by atoms with E-state index < -0.39 is 5.97 Å². The van der Waals surface area contributed by atoms with Gasteiger partial charge in [-0.3, -0.25) is 0 Å². The predicted octanol–water partition coefficient (Wildman–Crippen LogP) is 2.62. The number of hydrogen-bond donors (Lipinski definition) is 2. The van der Waals surface area contributed by atoms with Crippen LogP contribution in [0.2, 0.25) is 6.32 Å². The van der Waals surface area contributed by atoms with Crippen LogP contribution < -0.4 is 10.6 Å². The Morgan fingerprint density at radius 2 is 1.53 bits per heavy atom. The van der Waals surface area contributed by atoms with Gasteiger partial charge in [0.25, 0.3) is 0 Å². The molecule has 0 heterocycles. The molecule has 2 N–H and O–H groups in total. The van der Waals surface area contributed by atoms with Crippen molar-refractivity contribution in [1.29, 1.82) is 0 Å². The predicted molar refractivity (Wildman–Crippen MR) is 139 cm³/mol. The Kier molecular flexibility index (Phi) is 10.7. The molecule has 0 saturated heterocycles. The summed E-state index contributed by atoms with van der Waals surface area (Å²) < 4.78 is 24.3. The summed E-state index contributed by atoms with van der Waals surface area (Å²) in [4.78, 5) is 36.4. The third-order valence-electron chi connectivity index (χ3n) is 5.43. The maximum atomic E-state index is 12.3. The number of rotatable bonds is 13. The average Bonchev–Trinajstić information content (AvgIpc) is 3.16. The van der Waals surface area contributed by atoms with Gasteiger partial charge in [-0.25, -0.2) is 0 Å². The molecule has 190 valence electrons. The van der Waals surface area contributed by atoms with Gasteiger partial charge in [-0.2, -0.15) is 0 Å². The van der Waals surface area contributed by atoms with Crippen molar-refractivity contribution >= 4 is 45.6 Å². The van der Waals surface area contributed by atoms with Crippen molar-refractivity contribution in [2.24, 2.45) is 4.67 Å². The molecule has 2 aromatic rings. The Labute approximate surface area is 212 Å². The van der Waals surface area contributed by atoms with E-state index in [1.807, 2.05) is 36.4 Å². The normalized spacial score (nSPS) is 13.6. The molecular formula is C24H29BN3O7P. The number of carbonyl (C=O) groups is 3. The average molecular weight is 513 g/mol. The van der Waals surface area contributed by atoms with Crippen LogP contribution in [0.15, 0.2) is 41.1 Å². The molecule has 0 radical (unpaired) electrons. The zero-order valence-electron chi connectivity index (χ0n) is 20.2. The van der Waals surface area contributed by atoms with Gasteiger partial charge in [-0.15, -0.1) is 0 Å². The minimum absolute atomic E-state index is 0.0578. The van der Waals surface area contributed by atoms with Gasteiger partial charge in [-0.1, -0.05) is 0 Å². The number of amides is 2. The number of fused-ring (bicyclic) bond motifs is 3. The second-order valence-electron chi connectivity index (χ2n) is 7.95. The van der Waals surface area contributed by atoms with E-state index in [4.69, 9.17) is 18.9 Å². The number of nitrogens with one attached hydrogen (secondary N) is 2. The summed E-state index contributed by atoms with van der Waals surface area (Å²) in [7, 11) is 6.64. The van der Waals surface area contributed by atoms with E-state index in [1.54, 1.807) is 7.11 Å². The summed E-state index contributed by atoms with van der Waals surface area (Å²) in [6.07, 6.45) is 0.0578. The number of carbonyl (C=O) groups excluding carboxylic acids is 3. The van der Waals surface area contributed by atoms with Gasteiger partial charge in [0.2, 0.25) is 0 Å². The zero-order valence-corrected chi connectivity index (χ0v) is 21.4. The molecule has 0 aromatic heterocycles. The van der Waals surface area contributed by atoms with Crippen LogP contribution in [0, 0.1) is 0 Å². The molecule has 3 rings (SSSR count). The van der Waals surface area contributed by atoms with Crippen molar-refractivity contribution in [1.82, 2.24) is 0 Å². The molecule has 10 nitrogen and oxygen atoms in total. The first-order valence-electron chi connectivity index (χ1n) is 11.3. The van der Waals surface area contributed by atoms with Crippen LogP contribution in [-0.4, -0.2) is 72.1 Å². The molecule has 1 aliphatic carbocycles. The van der Waals surface area contributed by atoms with E-state index in [0.717, 1.165) is 22.3 Å². The van der Waals surface area contributed by atoms with Crippen molar-refractivity contribution in [3.63, 3.8) is 0 Å². The first-order chi connectivity index (χ1) is 17.5. The number of hydrogen-bond acceptors (Lipinski definition) is 8. The molecule has 0 saturated carbocycles. The van der Waals surface area contributed by atoms with Crippen LogP contribution in [0.5, 0.6) is 0 Å². The van der Waals surface area contributed by atoms with Gasteiger partial charge < -0.3 is 4.74 Å². The Hall–Kier alpha value is -2.98. The molecule has 0 fully saturated rings. The standard InChI is InChI=1S/C24H29BN3O7P/c1-32-7-8-34-14-23(30)27-16-4-6-18-17-5-3-15(26-22(29)13-33-2)9-19(17)21(20(18)10-16)12-35-24(31)11-25-28-36/h3-6,9-10,21H,7-8,11-14,36H2,1-2H3,(H,26,29)(H,27,30). The summed E-state index contributed by atoms with van der Waals surface area (Å²) in [6, 6.07) is 11.2. The SMILES string of the molecule is COCCOCC(=O)Nc1ccc2c(c1)C(COC(=O)CB=NP)c1cc(NC(=O)COC)ccc1-2. The fourth-order valence-electron chi connectivity index (χ4n) is 3.89. The Bertz CT molecular complexity index is 1130. The molecular weight excluding hydrogens is 484 g/mol. The van der Waals surface area contributed by atoms with Crippen LogP contribution in [0.25, 0.3) is 11.1 Å². The van der Waals surface area contributed by atoms with Gasteiger partial charge in [0, 0.05) is 14.2 Å². The van der Waals surface area contributed by atoms with Crippen LogP contribution in [0.3, 0.4) is 0 Å².